The van der Waals surface area contributed by atoms with Gasteiger partial charge in [-0.15, -0.1) is 0 Å². The molecule has 2 atom stereocenters. The van der Waals surface area contributed by atoms with Crippen molar-refractivity contribution in [3.63, 3.8) is 0 Å². The number of rotatable bonds is 13. The van der Waals surface area contributed by atoms with Gasteiger partial charge in [0.05, 0.1) is 6.61 Å². The third-order valence-electron chi connectivity index (χ3n) is 6.32. The zero-order valence-corrected chi connectivity index (χ0v) is 23.6. The van der Waals surface area contributed by atoms with E-state index in [1.807, 2.05) is 97.9 Å². The van der Waals surface area contributed by atoms with E-state index in [1.165, 1.54) is 0 Å². The van der Waals surface area contributed by atoms with Gasteiger partial charge in [-0.25, -0.2) is 10.4 Å². The molecule has 0 aromatic heterocycles. The number of hydrogen-bond donors (Lipinski definition) is 3. The number of carbonyl (C=O) groups is 1. The van der Waals surface area contributed by atoms with E-state index in [4.69, 9.17) is 19.6 Å². The van der Waals surface area contributed by atoms with E-state index in [9.17, 15) is 4.79 Å². The number of benzene rings is 3. The van der Waals surface area contributed by atoms with Crippen molar-refractivity contribution >= 4 is 33.8 Å². The second kappa shape index (κ2) is 14.1. The van der Waals surface area contributed by atoms with Gasteiger partial charge >= 0.3 is 0 Å². The number of hydrazine groups is 1. The van der Waals surface area contributed by atoms with Crippen molar-refractivity contribution in [1.29, 1.82) is 0 Å². The molecule has 0 fully saturated rings. The predicted octanol–water partition coefficient (Wildman–Crippen LogP) is 5.60. The van der Waals surface area contributed by atoms with Crippen LogP contribution in [-0.4, -0.2) is 42.2 Å². The summed E-state index contributed by atoms with van der Waals surface area (Å²) in [5.74, 6) is 0.818. The number of halogens is 1. The summed E-state index contributed by atoms with van der Waals surface area (Å²) in [5.41, 5.74) is 7.28. The minimum Gasteiger partial charge on any atom is -0.494 e. The molecule has 3 N–H and O–H groups in total. The maximum atomic E-state index is 13.9. The fraction of sp³-hybridized carbons (Fsp3) is 0.290. The highest BCUT2D eigenvalue weighted by Crippen LogP contribution is 2.43. The molecule has 1 heterocycles. The highest BCUT2D eigenvalue weighted by molar-refractivity contribution is 9.10. The number of nitrogens with one attached hydrogen (secondary N) is 2. The van der Waals surface area contributed by atoms with Crippen molar-refractivity contribution in [2.45, 2.75) is 37.8 Å². The molecule has 204 valence electrons. The van der Waals surface area contributed by atoms with Gasteiger partial charge in [0.15, 0.2) is 11.6 Å². The summed E-state index contributed by atoms with van der Waals surface area (Å²) in [7, 11) is 0. The van der Waals surface area contributed by atoms with Gasteiger partial charge in [-0.1, -0.05) is 77.5 Å². The first-order chi connectivity index (χ1) is 19.1. The topological polar surface area (TPSA) is 92.2 Å². The van der Waals surface area contributed by atoms with Crippen LogP contribution in [-0.2, 0) is 9.53 Å². The first-order valence-electron chi connectivity index (χ1n) is 13.2. The Hall–Kier alpha value is -3.46. The van der Waals surface area contributed by atoms with E-state index in [-0.39, 0.29) is 12.5 Å². The standard InChI is InChI=1S/C31H34BrN3O4/c1-2-20-33-35-30(37)31(19-6-10-23-8-4-3-5-9-23)28(24-11-15-26(32)16-12-24)39-29(34-31)25-13-17-27(18-14-25)38-22-7-21-36/h3-6,8-18,28,33,36H,2,7,19-22H2,1H3,(H,35,37)/b10-6+/t28-,31-/m0/s1. The average Bonchev–Trinajstić information content (AvgIpc) is 3.35. The number of aliphatic hydroxyl groups excluding tert-OH is 1. The molecule has 0 saturated heterocycles. The van der Waals surface area contributed by atoms with Gasteiger partial charge in [0.1, 0.15) is 5.75 Å². The molecule has 39 heavy (non-hydrogen) atoms. The van der Waals surface area contributed by atoms with Gasteiger partial charge in [-0.05, 0) is 53.9 Å². The summed E-state index contributed by atoms with van der Waals surface area (Å²) < 4.78 is 13.1. The van der Waals surface area contributed by atoms with Crippen molar-refractivity contribution in [2.24, 2.45) is 4.99 Å². The molecule has 3 aromatic carbocycles. The molecule has 0 saturated carbocycles. The number of carbonyl (C=O) groups excluding carboxylic acids is 1. The number of aliphatic hydroxyl groups is 1. The van der Waals surface area contributed by atoms with Crippen LogP contribution in [0.5, 0.6) is 5.75 Å². The second-order valence-corrected chi connectivity index (χ2v) is 10.2. The van der Waals surface area contributed by atoms with Crippen LogP contribution < -0.4 is 15.6 Å². The van der Waals surface area contributed by atoms with Crippen LogP contribution in [0.1, 0.15) is 49.0 Å². The lowest BCUT2D eigenvalue weighted by molar-refractivity contribution is -0.129. The first-order valence-corrected chi connectivity index (χ1v) is 14.0. The number of hydrogen-bond acceptors (Lipinski definition) is 6. The van der Waals surface area contributed by atoms with Gasteiger partial charge in [-0.3, -0.25) is 10.2 Å². The minimum absolute atomic E-state index is 0.0795. The number of amides is 1. The van der Waals surface area contributed by atoms with Gasteiger partial charge in [-0.2, -0.15) is 0 Å². The quantitative estimate of drug-likeness (QED) is 0.178. The average molecular weight is 593 g/mol. The molecule has 7 nitrogen and oxygen atoms in total. The Balaban J connectivity index is 1.71. The van der Waals surface area contributed by atoms with Crippen LogP contribution in [0.2, 0.25) is 0 Å². The SMILES string of the molecule is CCCNNC(=O)[C@@]1(C/C=C/c2ccccc2)N=C(c2ccc(OCCCO)cc2)O[C@H]1c1ccc(Br)cc1. The van der Waals surface area contributed by atoms with Crippen molar-refractivity contribution < 1.29 is 19.4 Å². The van der Waals surface area contributed by atoms with Crippen LogP contribution in [0.3, 0.4) is 0 Å². The maximum Gasteiger partial charge on any atom is 0.266 e. The zero-order valence-electron chi connectivity index (χ0n) is 22.0. The monoisotopic (exact) mass is 591 g/mol. The molecule has 4 rings (SSSR count). The van der Waals surface area contributed by atoms with E-state index >= 15 is 0 Å². The molecule has 0 spiro atoms. The van der Waals surface area contributed by atoms with E-state index in [0.717, 1.165) is 27.6 Å². The van der Waals surface area contributed by atoms with E-state index in [0.29, 0.717) is 37.6 Å². The fourth-order valence-corrected chi connectivity index (χ4v) is 4.53. The second-order valence-electron chi connectivity index (χ2n) is 9.24. The Morgan fingerprint density at radius 1 is 1.10 bits per heavy atom. The summed E-state index contributed by atoms with van der Waals surface area (Å²) in [6, 6.07) is 25.2. The third-order valence-corrected chi connectivity index (χ3v) is 6.85. The van der Waals surface area contributed by atoms with E-state index in [2.05, 4.69) is 26.8 Å². The number of aliphatic imine (C=N–C) groups is 1. The smallest absolute Gasteiger partial charge is 0.266 e. The number of ether oxygens (including phenoxy) is 2. The maximum absolute atomic E-state index is 13.9. The van der Waals surface area contributed by atoms with Gasteiger partial charge in [0, 0.05) is 36.0 Å². The zero-order chi connectivity index (χ0) is 27.5. The molecule has 0 bridgehead atoms. The molecule has 3 aromatic rings. The Kier molecular flexibility index (Phi) is 10.3. The molecule has 1 amide bonds. The molecular weight excluding hydrogens is 558 g/mol. The first kappa shape index (κ1) is 28.5. The highest BCUT2D eigenvalue weighted by atomic mass is 79.9. The van der Waals surface area contributed by atoms with Crippen LogP contribution in [0.25, 0.3) is 6.08 Å². The van der Waals surface area contributed by atoms with Gasteiger partial charge in [0.2, 0.25) is 5.90 Å². The Morgan fingerprint density at radius 2 is 1.85 bits per heavy atom. The predicted molar refractivity (Wildman–Crippen MR) is 157 cm³/mol. The van der Waals surface area contributed by atoms with Crippen LogP contribution in [0, 0.1) is 0 Å². The van der Waals surface area contributed by atoms with Crippen molar-refractivity contribution in [3.05, 3.63) is 106 Å². The molecule has 0 aliphatic carbocycles. The van der Waals surface area contributed by atoms with Crippen LogP contribution in [0.15, 0.2) is 94.4 Å². The summed E-state index contributed by atoms with van der Waals surface area (Å²) >= 11 is 3.50. The lowest BCUT2D eigenvalue weighted by Gasteiger charge is -2.29. The largest absolute Gasteiger partial charge is 0.494 e. The van der Waals surface area contributed by atoms with Crippen LogP contribution >= 0.6 is 15.9 Å². The van der Waals surface area contributed by atoms with Crippen molar-refractivity contribution in [2.75, 3.05) is 19.8 Å². The molecule has 0 unspecified atom stereocenters. The molecule has 8 heteroatoms. The molecule has 0 radical (unpaired) electrons. The fourth-order valence-electron chi connectivity index (χ4n) is 4.27. The van der Waals surface area contributed by atoms with Gasteiger partial charge < -0.3 is 14.6 Å². The minimum atomic E-state index is -1.24. The third kappa shape index (κ3) is 7.35. The Bertz CT molecular complexity index is 1260. The summed E-state index contributed by atoms with van der Waals surface area (Å²) in [4.78, 5) is 18.9. The highest BCUT2D eigenvalue weighted by Gasteiger charge is 2.52. The Labute approximate surface area is 238 Å². The normalized spacial score (nSPS) is 18.5. The Morgan fingerprint density at radius 3 is 2.54 bits per heavy atom. The number of nitrogens with zero attached hydrogens (tertiary/aromatic N) is 1. The lowest BCUT2D eigenvalue weighted by Crippen LogP contribution is -2.52. The van der Waals surface area contributed by atoms with E-state index < -0.39 is 11.6 Å². The van der Waals surface area contributed by atoms with Crippen molar-refractivity contribution in [1.82, 2.24) is 10.9 Å². The molecular formula is C31H34BrN3O4. The van der Waals surface area contributed by atoms with Gasteiger partial charge in [0.25, 0.3) is 5.91 Å². The summed E-state index contributed by atoms with van der Waals surface area (Å²) in [6.45, 7) is 3.19. The molecule has 1 aliphatic heterocycles. The van der Waals surface area contributed by atoms with E-state index in [1.54, 1.807) is 0 Å². The van der Waals surface area contributed by atoms with Crippen LogP contribution in [0.4, 0.5) is 0 Å². The summed E-state index contributed by atoms with van der Waals surface area (Å²) in [5, 5.41) is 9.00. The summed E-state index contributed by atoms with van der Waals surface area (Å²) in [6.07, 6.45) is 5.09. The molecule has 1 aliphatic rings. The van der Waals surface area contributed by atoms with Crippen molar-refractivity contribution in [3.8, 4) is 5.75 Å². The lowest BCUT2D eigenvalue weighted by atomic mass is 9.84.